The second kappa shape index (κ2) is 7.26. The molecular weight excluding hydrogens is 262 g/mol. The van der Waals surface area contributed by atoms with Gasteiger partial charge in [-0.15, -0.1) is 0 Å². The van der Waals surface area contributed by atoms with Crippen molar-refractivity contribution >= 4 is 17.8 Å². The molecule has 0 aromatic rings. The van der Waals surface area contributed by atoms with Crippen LogP contribution in [0, 0.1) is 17.3 Å². The van der Waals surface area contributed by atoms with Crippen LogP contribution in [0.15, 0.2) is 0 Å². The Labute approximate surface area is 119 Å². The molecule has 0 spiro atoms. The maximum Gasteiger partial charge on any atom is 0.328 e. The number of ether oxygens (including phenoxy) is 1. The first-order valence-electron chi connectivity index (χ1n) is 6.66. The molecule has 0 rings (SSSR count). The van der Waals surface area contributed by atoms with E-state index in [1.54, 1.807) is 27.7 Å². The standard InChI is InChI=1S/C14H25NO5/c1-8(2)11(12(17)20-6)15-10(16)7-14(5,9(3)4)13(18)19/h8-9,11H,7H2,1-6H3,(H,15,16)(H,18,19). The molecule has 0 bridgehead atoms. The van der Waals surface area contributed by atoms with Crippen molar-refractivity contribution in [1.29, 1.82) is 0 Å². The Morgan fingerprint density at radius 1 is 1.20 bits per heavy atom. The van der Waals surface area contributed by atoms with E-state index in [1.807, 2.05) is 0 Å². The largest absolute Gasteiger partial charge is 0.481 e. The Morgan fingerprint density at radius 3 is 2.00 bits per heavy atom. The van der Waals surface area contributed by atoms with Crippen molar-refractivity contribution in [2.24, 2.45) is 17.3 Å². The molecule has 0 aromatic carbocycles. The molecule has 0 radical (unpaired) electrons. The molecule has 2 atom stereocenters. The lowest BCUT2D eigenvalue weighted by molar-refractivity contribution is -0.154. The highest BCUT2D eigenvalue weighted by Gasteiger charge is 2.39. The van der Waals surface area contributed by atoms with Crippen LogP contribution in [0.1, 0.15) is 41.0 Å². The predicted molar refractivity (Wildman–Crippen MR) is 74.0 cm³/mol. The van der Waals surface area contributed by atoms with Crippen molar-refractivity contribution in [3.8, 4) is 0 Å². The number of carboxylic acid groups (broad SMARTS) is 1. The molecule has 0 aliphatic carbocycles. The Hall–Kier alpha value is -1.59. The summed E-state index contributed by atoms with van der Waals surface area (Å²) >= 11 is 0. The van der Waals surface area contributed by atoms with Gasteiger partial charge in [-0.3, -0.25) is 9.59 Å². The molecule has 0 saturated heterocycles. The molecule has 116 valence electrons. The van der Waals surface area contributed by atoms with Gasteiger partial charge in [-0.25, -0.2) is 4.79 Å². The van der Waals surface area contributed by atoms with Crippen molar-refractivity contribution in [2.45, 2.75) is 47.1 Å². The average Bonchev–Trinajstić information content (AvgIpc) is 2.33. The molecule has 6 nitrogen and oxygen atoms in total. The molecule has 0 heterocycles. The van der Waals surface area contributed by atoms with Gasteiger partial charge >= 0.3 is 11.9 Å². The Balaban J connectivity index is 4.92. The molecule has 0 aliphatic heterocycles. The number of rotatable bonds is 7. The molecule has 0 fully saturated rings. The van der Waals surface area contributed by atoms with Gasteiger partial charge in [0.2, 0.25) is 5.91 Å². The zero-order valence-electron chi connectivity index (χ0n) is 13.0. The van der Waals surface area contributed by atoms with Gasteiger partial charge in [0.05, 0.1) is 12.5 Å². The van der Waals surface area contributed by atoms with Crippen LogP contribution in [0.5, 0.6) is 0 Å². The number of esters is 1. The summed E-state index contributed by atoms with van der Waals surface area (Å²) in [6.07, 6.45) is -0.180. The summed E-state index contributed by atoms with van der Waals surface area (Å²) in [5.41, 5.74) is -1.16. The summed E-state index contributed by atoms with van der Waals surface area (Å²) in [7, 11) is 1.25. The van der Waals surface area contributed by atoms with Crippen molar-refractivity contribution < 1.29 is 24.2 Å². The van der Waals surface area contributed by atoms with E-state index in [1.165, 1.54) is 14.0 Å². The number of aliphatic carboxylic acids is 1. The van der Waals surface area contributed by atoms with Gasteiger partial charge < -0.3 is 15.2 Å². The molecule has 2 unspecified atom stereocenters. The van der Waals surface area contributed by atoms with Crippen LogP contribution in [-0.4, -0.2) is 36.1 Å². The fraction of sp³-hybridized carbons (Fsp3) is 0.786. The summed E-state index contributed by atoms with van der Waals surface area (Å²) < 4.78 is 4.63. The van der Waals surface area contributed by atoms with Crippen LogP contribution in [0.3, 0.4) is 0 Å². The normalized spacial score (nSPS) is 15.6. The number of carbonyl (C=O) groups is 3. The maximum atomic E-state index is 12.0. The number of methoxy groups -OCH3 is 1. The fourth-order valence-corrected chi connectivity index (χ4v) is 1.71. The van der Waals surface area contributed by atoms with Crippen molar-refractivity contribution in [1.82, 2.24) is 5.32 Å². The first-order valence-corrected chi connectivity index (χ1v) is 6.66. The molecule has 20 heavy (non-hydrogen) atoms. The second-order valence-electron chi connectivity index (χ2n) is 5.87. The van der Waals surface area contributed by atoms with E-state index >= 15 is 0 Å². The van der Waals surface area contributed by atoms with Gasteiger partial charge in [-0.1, -0.05) is 27.7 Å². The molecule has 0 aliphatic rings. The number of hydrogen-bond donors (Lipinski definition) is 2. The number of carboxylic acids is 1. The van der Waals surface area contributed by atoms with Gasteiger partial charge in [-0.2, -0.15) is 0 Å². The van der Waals surface area contributed by atoms with Crippen molar-refractivity contribution in [2.75, 3.05) is 7.11 Å². The third-order valence-corrected chi connectivity index (χ3v) is 3.73. The quantitative estimate of drug-likeness (QED) is 0.691. The summed E-state index contributed by atoms with van der Waals surface area (Å²) in [4.78, 5) is 34.9. The van der Waals surface area contributed by atoms with Crippen molar-refractivity contribution in [3.05, 3.63) is 0 Å². The van der Waals surface area contributed by atoms with Gasteiger partial charge in [-0.05, 0) is 18.8 Å². The highest BCUT2D eigenvalue weighted by atomic mass is 16.5. The maximum absolute atomic E-state index is 12.0. The van der Waals surface area contributed by atoms with Crippen LogP contribution < -0.4 is 5.32 Å². The molecule has 1 amide bonds. The number of amides is 1. The number of nitrogens with one attached hydrogen (secondary N) is 1. The van der Waals surface area contributed by atoms with Crippen molar-refractivity contribution in [3.63, 3.8) is 0 Å². The van der Waals surface area contributed by atoms with E-state index in [0.717, 1.165) is 0 Å². The van der Waals surface area contributed by atoms with E-state index < -0.39 is 29.3 Å². The molecular formula is C14H25NO5. The van der Waals surface area contributed by atoms with Gasteiger partial charge in [0.15, 0.2) is 0 Å². The minimum absolute atomic E-state index is 0.137. The van der Waals surface area contributed by atoms with E-state index in [4.69, 9.17) is 0 Å². The Kier molecular flexibility index (Phi) is 6.68. The fourth-order valence-electron chi connectivity index (χ4n) is 1.71. The molecule has 2 N–H and O–H groups in total. The van der Waals surface area contributed by atoms with Crippen LogP contribution >= 0.6 is 0 Å². The predicted octanol–water partition coefficient (Wildman–Crippen LogP) is 1.44. The lowest BCUT2D eigenvalue weighted by atomic mass is 9.76. The smallest absolute Gasteiger partial charge is 0.328 e. The van der Waals surface area contributed by atoms with Gasteiger partial charge in [0, 0.05) is 6.42 Å². The van der Waals surface area contributed by atoms with Crippen LogP contribution in [0.2, 0.25) is 0 Å². The third kappa shape index (κ3) is 4.51. The summed E-state index contributed by atoms with van der Waals surface area (Å²) in [6.45, 7) is 8.59. The average molecular weight is 287 g/mol. The number of hydrogen-bond acceptors (Lipinski definition) is 4. The minimum atomic E-state index is -1.16. The topological polar surface area (TPSA) is 92.7 Å². The highest BCUT2D eigenvalue weighted by Crippen LogP contribution is 2.31. The minimum Gasteiger partial charge on any atom is -0.481 e. The summed E-state index contributed by atoms with van der Waals surface area (Å²) in [6, 6.07) is -0.766. The van der Waals surface area contributed by atoms with Crippen LogP contribution in [0.4, 0.5) is 0 Å². The number of carbonyl (C=O) groups excluding carboxylic acids is 2. The Morgan fingerprint density at radius 2 is 1.70 bits per heavy atom. The Bertz CT molecular complexity index is 378. The highest BCUT2D eigenvalue weighted by molar-refractivity contribution is 5.88. The van der Waals surface area contributed by atoms with E-state index in [2.05, 4.69) is 10.1 Å². The van der Waals surface area contributed by atoms with Crippen LogP contribution in [0.25, 0.3) is 0 Å². The first kappa shape index (κ1) is 18.4. The van der Waals surface area contributed by atoms with E-state index in [-0.39, 0.29) is 18.3 Å². The van der Waals surface area contributed by atoms with Gasteiger partial charge in [0.25, 0.3) is 0 Å². The zero-order valence-corrected chi connectivity index (χ0v) is 13.0. The monoisotopic (exact) mass is 287 g/mol. The van der Waals surface area contributed by atoms with Crippen LogP contribution in [-0.2, 0) is 19.1 Å². The second-order valence-corrected chi connectivity index (χ2v) is 5.87. The summed E-state index contributed by atoms with van der Waals surface area (Å²) in [5, 5.41) is 11.8. The molecule has 0 aromatic heterocycles. The zero-order chi connectivity index (χ0) is 16.1. The lowest BCUT2D eigenvalue weighted by Gasteiger charge is -2.29. The summed E-state index contributed by atoms with van der Waals surface area (Å²) in [5.74, 6) is -2.37. The molecule has 6 heteroatoms. The van der Waals surface area contributed by atoms with E-state index in [9.17, 15) is 19.5 Å². The van der Waals surface area contributed by atoms with Gasteiger partial charge in [0.1, 0.15) is 6.04 Å². The third-order valence-electron chi connectivity index (χ3n) is 3.73. The van der Waals surface area contributed by atoms with E-state index in [0.29, 0.717) is 0 Å². The lowest BCUT2D eigenvalue weighted by Crippen LogP contribution is -2.47. The molecule has 0 saturated carbocycles. The first-order chi connectivity index (χ1) is 9.06. The SMILES string of the molecule is COC(=O)C(NC(=O)CC(C)(C(=O)O)C(C)C)C(C)C.